The molecule has 3 rings (SSSR count). The molecular formula is C18H12BrClN2O4. The van der Waals surface area contributed by atoms with Gasteiger partial charge in [0.15, 0.2) is 0 Å². The number of anilines is 1. The Morgan fingerprint density at radius 2 is 1.81 bits per heavy atom. The van der Waals surface area contributed by atoms with Crippen molar-refractivity contribution in [3.05, 3.63) is 63.1 Å². The number of carbonyl (C=O) groups excluding carboxylic acids is 3. The van der Waals surface area contributed by atoms with Gasteiger partial charge in [-0.25, -0.2) is 9.69 Å². The monoisotopic (exact) mass is 434 g/mol. The SMILES string of the molecule is COc1cc(Cl)cc(/C=C2\C(=O)NC(=O)N(c3ccc(Br)cc3)C2=O)c1. The summed E-state index contributed by atoms with van der Waals surface area (Å²) in [5.41, 5.74) is 0.660. The van der Waals surface area contributed by atoms with E-state index in [0.717, 1.165) is 9.37 Å². The van der Waals surface area contributed by atoms with Gasteiger partial charge in [-0.1, -0.05) is 27.5 Å². The number of halogens is 2. The van der Waals surface area contributed by atoms with E-state index >= 15 is 0 Å². The first kappa shape index (κ1) is 18.2. The Bertz CT molecular complexity index is 941. The van der Waals surface area contributed by atoms with Gasteiger partial charge < -0.3 is 4.74 Å². The molecule has 1 saturated heterocycles. The minimum absolute atomic E-state index is 0.183. The van der Waals surface area contributed by atoms with Crippen molar-refractivity contribution in [3.63, 3.8) is 0 Å². The average Bonchev–Trinajstić information content (AvgIpc) is 2.59. The van der Waals surface area contributed by atoms with Gasteiger partial charge in [0.05, 0.1) is 12.8 Å². The van der Waals surface area contributed by atoms with E-state index in [1.165, 1.54) is 13.2 Å². The predicted molar refractivity (Wildman–Crippen MR) is 101 cm³/mol. The van der Waals surface area contributed by atoms with Crippen LogP contribution in [0.5, 0.6) is 5.75 Å². The van der Waals surface area contributed by atoms with Gasteiger partial charge in [0.25, 0.3) is 11.8 Å². The quantitative estimate of drug-likeness (QED) is 0.588. The minimum atomic E-state index is -0.803. The lowest BCUT2D eigenvalue weighted by molar-refractivity contribution is -0.122. The number of methoxy groups -OCH3 is 1. The number of barbiturate groups is 1. The molecule has 0 aromatic heterocycles. The number of carbonyl (C=O) groups is 3. The summed E-state index contributed by atoms with van der Waals surface area (Å²) in [6.07, 6.45) is 1.37. The summed E-state index contributed by atoms with van der Waals surface area (Å²) < 4.78 is 5.92. The first-order valence-corrected chi connectivity index (χ1v) is 8.58. The predicted octanol–water partition coefficient (Wildman–Crippen LogP) is 3.78. The Labute approximate surface area is 162 Å². The van der Waals surface area contributed by atoms with Crippen LogP contribution in [0.1, 0.15) is 5.56 Å². The van der Waals surface area contributed by atoms with Gasteiger partial charge in [0.2, 0.25) is 0 Å². The van der Waals surface area contributed by atoms with E-state index in [-0.39, 0.29) is 5.57 Å². The van der Waals surface area contributed by atoms with Gasteiger partial charge >= 0.3 is 6.03 Å². The lowest BCUT2D eigenvalue weighted by Crippen LogP contribution is -2.54. The number of ether oxygens (including phenoxy) is 1. The lowest BCUT2D eigenvalue weighted by Gasteiger charge is -2.26. The third kappa shape index (κ3) is 3.63. The first-order valence-electron chi connectivity index (χ1n) is 7.40. The smallest absolute Gasteiger partial charge is 0.335 e. The molecule has 0 bridgehead atoms. The fourth-order valence-corrected chi connectivity index (χ4v) is 2.93. The fourth-order valence-electron chi connectivity index (χ4n) is 2.43. The van der Waals surface area contributed by atoms with Crippen LogP contribution in [0.2, 0.25) is 5.02 Å². The van der Waals surface area contributed by atoms with E-state index in [9.17, 15) is 14.4 Å². The van der Waals surface area contributed by atoms with Crippen molar-refractivity contribution in [3.8, 4) is 5.75 Å². The summed E-state index contributed by atoms with van der Waals surface area (Å²) in [5.74, 6) is -1.01. The van der Waals surface area contributed by atoms with Gasteiger partial charge in [-0.3, -0.25) is 14.9 Å². The molecule has 1 aliphatic rings. The normalized spacial score (nSPS) is 16.0. The highest BCUT2D eigenvalue weighted by atomic mass is 79.9. The van der Waals surface area contributed by atoms with Crippen LogP contribution in [-0.4, -0.2) is 25.0 Å². The topological polar surface area (TPSA) is 75.7 Å². The number of benzene rings is 2. The fraction of sp³-hybridized carbons (Fsp3) is 0.0556. The van der Waals surface area contributed by atoms with Crippen molar-refractivity contribution in [2.75, 3.05) is 12.0 Å². The van der Waals surface area contributed by atoms with Crippen molar-refractivity contribution in [1.29, 1.82) is 0 Å². The second kappa shape index (κ2) is 7.31. The van der Waals surface area contributed by atoms with Gasteiger partial charge in [0.1, 0.15) is 11.3 Å². The lowest BCUT2D eigenvalue weighted by atomic mass is 10.1. The minimum Gasteiger partial charge on any atom is -0.497 e. The van der Waals surface area contributed by atoms with Gasteiger partial charge in [0, 0.05) is 9.50 Å². The molecule has 6 nitrogen and oxygen atoms in total. The maximum absolute atomic E-state index is 12.8. The van der Waals surface area contributed by atoms with Gasteiger partial charge in [-0.15, -0.1) is 0 Å². The second-order valence-electron chi connectivity index (χ2n) is 5.36. The number of hydrogen-bond donors (Lipinski definition) is 1. The van der Waals surface area contributed by atoms with Crippen LogP contribution in [-0.2, 0) is 9.59 Å². The zero-order valence-corrected chi connectivity index (χ0v) is 15.8. The van der Waals surface area contributed by atoms with E-state index in [1.807, 2.05) is 0 Å². The molecular weight excluding hydrogens is 424 g/mol. The molecule has 1 heterocycles. The summed E-state index contributed by atoms with van der Waals surface area (Å²) >= 11 is 9.31. The van der Waals surface area contributed by atoms with Crippen LogP contribution < -0.4 is 15.0 Å². The van der Waals surface area contributed by atoms with Crippen LogP contribution in [0.25, 0.3) is 6.08 Å². The van der Waals surface area contributed by atoms with E-state index in [4.69, 9.17) is 16.3 Å². The molecule has 0 atom stereocenters. The molecule has 0 unspecified atom stereocenters. The zero-order chi connectivity index (χ0) is 18.8. The Hall–Kier alpha value is -2.64. The molecule has 0 radical (unpaired) electrons. The molecule has 0 aliphatic carbocycles. The molecule has 1 N–H and O–H groups in total. The second-order valence-corrected chi connectivity index (χ2v) is 6.71. The molecule has 26 heavy (non-hydrogen) atoms. The summed E-state index contributed by atoms with van der Waals surface area (Å²) in [4.78, 5) is 38.0. The molecule has 132 valence electrons. The molecule has 8 heteroatoms. The van der Waals surface area contributed by atoms with Crippen LogP contribution in [0.4, 0.5) is 10.5 Å². The third-order valence-electron chi connectivity index (χ3n) is 3.63. The summed E-state index contributed by atoms with van der Waals surface area (Å²) in [6, 6.07) is 10.6. The Kier molecular flexibility index (Phi) is 5.11. The maximum atomic E-state index is 12.8. The molecule has 0 spiro atoms. The first-order chi connectivity index (χ1) is 12.4. The highest BCUT2D eigenvalue weighted by Crippen LogP contribution is 2.26. The van der Waals surface area contributed by atoms with E-state index in [2.05, 4.69) is 21.2 Å². The van der Waals surface area contributed by atoms with Crippen LogP contribution in [0.3, 0.4) is 0 Å². The number of imide groups is 2. The Morgan fingerprint density at radius 1 is 1.12 bits per heavy atom. The largest absolute Gasteiger partial charge is 0.497 e. The maximum Gasteiger partial charge on any atom is 0.335 e. The Morgan fingerprint density at radius 3 is 2.46 bits per heavy atom. The highest BCUT2D eigenvalue weighted by Gasteiger charge is 2.36. The van der Waals surface area contributed by atoms with Crippen molar-refractivity contribution in [2.45, 2.75) is 0 Å². The van der Waals surface area contributed by atoms with Gasteiger partial charge in [-0.05, 0) is 54.1 Å². The van der Waals surface area contributed by atoms with E-state index in [1.54, 1.807) is 42.5 Å². The number of hydrogen-bond acceptors (Lipinski definition) is 4. The zero-order valence-electron chi connectivity index (χ0n) is 13.5. The van der Waals surface area contributed by atoms with Crippen LogP contribution in [0.15, 0.2) is 52.5 Å². The molecule has 2 aromatic carbocycles. The van der Waals surface area contributed by atoms with Crippen LogP contribution in [0, 0.1) is 0 Å². The Balaban J connectivity index is 2.02. The highest BCUT2D eigenvalue weighted by molar-refractivity contribution is 9.10. The molecule has 1 aliphatic heterocycles. The standard InChI is InChI=1S/C18H12BrClN2O4/c1-26-14-7-10(6-12(20)9-14)8-15-16(23)21-18(25)22(17(15)24)13-4-2-11(19)3-5-13/h2-9H,1H3,(H,21,23,25)/b15-8+. The molecule has 0 saturated carbocycles. The number of amides is 4. The molecule has 4 amide bonds. The van der Waals surface area contributed by atoms with E-state index in [0.29, 0.717) is 22.0 Å². The summed E-state index contributed by atoms with van der Waals surface area (Å²) in [5, 5.41) is 2.56. The van der Waals surface area contributed by atoms with Crippen molar-refractivity contribution in [2.24, 2.45) is 0 Å². The number of nitrogens with one attached hydrogen (secondary N) is 1. The van der Waals surface area contributed by atoms with Crippen molar-refractivity contribution in [1.82, 2.24) is 5.32 Å². The number of urea groups is 1. The van der Waals surface area contributed by atoms with Gasteiger partial charge in [-0.2, -0.15) is 0 Å². The number of nitrogens with zero attached hydrogens (tertiary/aromatic N) is 1. The number of rotatable bonds is 3. The third-order valence-corrected chi connectivity index (χ3v) is 4.37. The summed E-state index contributed by atoms with van der Waals surface area (Å²) in [6.45, 7) is 0. The summed E-state index contributed by atoms with van der Waals surface area (Å²) in [7, 11) is 1.48. The van der Waals surface area contributed by atoms with Crippen LogP contribution >= 0.6 is 27.5 Å². The van der Waals surface area contributed by atoms with Crippen molar-refractivity contribution < 1.29 is 19.1 Å². The molecule has 2 aromatic rings. The van der Waals surface area contributed by atoms with E-state index < -0.39 is 17.8 Å². The average molecular weight is 436 g/mol. The van der Waals surface area contributed by atoms with Crippen molar-refractivity contribution >= 4 is 57.1 Å². The molecule has 1 fully saturated rings.